The first-order valence-corrected chi connectivity index (χ1v) is 11.6. The lowest BCUT2D eigenvalue weighted by atomic mass is 9.96. The number of likely N-dealkylation sites (N-methyl/N-ethyl adjacent to an activating group) is 1. The predicted molar refractivity (Wildman–Crippen MR) is 135 cm³/mol. The summed E-state index contributed by atoms with van der Waals surface area (Å²) in [4.78, 5) is 18.3. The molecule has 4 aromatic rings. The first-order chi connectivity index (χ1) is 16.9. The van der Waals surface area contributed by atoms with Gasteiger partial charge >= 0.3 is 5.97 Å². The van der Waals surface area contributed by atoms with E-state index in [9.17, 15) is 9.90 Å². The Balaban J connectivity index is 1.27. The number of hydrogen-bond donors (Lipinski definition) is 1. The average molecular weight is 475 g/mol. The predicted octanol–water partition coefficient (Wildman–Crippen LogP) is 4.99. The summed E-state index contributed by atoms with van der Waals surface area (Å²) < 4.78 is 17.5. The number of ether oxygens (including phenoxy) is 2. The minimum absolute atomic E-state index is 0.262. The molecule has 0 aliphatic heterocycles. The summed E-state index contributed by atoms with van der Waals surface area (Å²) >= 11 is 0. The van der Waals surface area contributed by atoms with Gasteiger partial charge in [-0.2, -0.15) is 4.98 Å². The lowest BCUT2D eigenvalue weighted by molar-refractivity contribution is -0.163. The molecule has 1 heterocycles. The molecule has 0 fully saturated rings. The van der Waals surface area contributed by atoms with E-state index in [0.29, 0.717) is 37.9 Å². The van der Waals surface area contributed by atoms with Gasteiger partial charge in [0.25, 0.3) is 6.01 Å². The maximum Gasteiger partial charge on any atom is 0.336 e. The first kappa shape index (κ1) is 24.3. The molecule has 182 valence electrons. The molecule has 0 bridgehead atoms. The van der Waals surface area contributed by atoms with Crippen molar-refractivity contribution in [2.45, 2.75) is 25.4 Å². The third-order valence-electron chi connectivity index (χ3n) is 5.88. The maximum absolute atomic E-state index is 11.9. The number of anilines is 1. The molecule has 1 N–H and O–H groups in total. The fourth-order valence-electron chi connectivity index (χ4n) is 3.74. The molecule has 4 rings (SSSR count). The van der Waals surface area contributed by atoms with Crippen molar-refractivity contribution in [2.75, 3.05) is 31.7 Å². The minimum Gasteiger partial charge on any atom is -0.492 e. The van der Waals surface area contributed by atoms with Gasteiger partial charge in [-0.25, -0.2) is 4.79 Å². The number of rotatable bonds is 12. The van der Waals surface area contributed by atoms with Crippen LogP contribution in [0.2, 0.25) is 0 Å². The second-order valence-electron chi connectivity index (χ2n) is 8.67. The number of benzene rings is 3. The van der Waals surface area contributed by atoms with Gasteiger partial charge in [0.15, 0.2) is 11.2 Å². The van der Waals surface area contributed by atoms with Crippen molar-refractivity contribution in [3.8, 4) is 5.75 Å². The highest BCUT2D eigenvalue weighted by Crippen LogP contribution is 2.22. The Bertz CT molecular complexity index is 1210. The molecule has 3 aromatic carbocycles. The molecule has 7 nitrogen and oxygen atoms in total. The zero-order valence-corrected chi connectivity index (χ0v) is 20.0. The van der Waals surface area contributed by atoms with Gasteiger partial charge in [-0.15, -0.1) is 0 Å². The molecule has 1 unspecified atom stereocenters. The number of para-hydroxylation sites is 2. The van der Waals surface area contributed by atoms with E-state index in [4.69, 9.17) is 13.9 Å². The van der Waals surface area contributed by atoms with E-state index in [0.717, 1.165) is 22.2 Å². The number of hydrogen-bond acceptors (Lipinski definition) is 6. The van der Waals surface area contributed by atoms with E-state index in [1.165, 1.54) is 0 Å². The van der Waals surface area contributed by atoms with Crippen LogP contribution in [0.25, 0.3) is 11.1 Å². The smallest absolute Gasteiger partial charge is 0.336 e. The number of nitrogens with zero attached hydrogens (tertiary/aromatic N) is 2. The van der Waals surface area contributed by atoms with Crippen LogP contribution >= 0.6 is 0 Å². The van der Waals surface area contributed by atoms with Gasteiger partial charge in [0.2, 0.25) is 0 Å². The highest BCUT2D eigenvalue weighted by Gasteiger charge is 2.34. The normalized spacial score (nSPS) is 12.9. The SMILES string of the molecule is CN(CCOc1ccc(CC(C)(OCCc2ccccc2)C(=O)O)cc1)c1nc2ccccc2o1. The Hall–Kier alpha value is -3.84. The molecule has 1 atom stereocenters. The Morgan fingerprint density at radius 3 is 2.40 bits per heavy atom. The van der Waals surface area contributed by atoms with E-state index in [-0.39, 0.29) is 6.42 Å². The molecule has 0 saturated heterocycles. The number of oxazole rings is 1. The Morgan fingerprint density at radius 1 is 0.971 bits per heavy atom. The van der Waals surface area contributed by atoms with Crippen LogP contribution in [0.3, 0.4) is 0 Å². The second kappa shape index (κ2) is 11.1. The number of carboxylic acids is 1. The van der Waals surface area contributed by atoms with E-state index in [1.807, 2.05) is 90.8 Å². The highest BCUT2D eigenvalue weighted by molar-refractivity contribution is 5.77. The van der Waals surface area contributed by atoms with Crippen LogP contribution in [-0.4, -0.2) is 48.5 Å². The van der Waals surface area contributed by atoms with E-state index in [2.05, 4.69) is 4.98 Å². The van der Waals surface area contributed by atoms with Crippen LogP contribution in [-0.2, 0) is 22.4 Å². The molecule has 7 heteroatoms. The zero-order valence-electron chi connectivity index (χ0n) is 20.0. The van der Waals surface area contributed by atoms with Crippen LogP contribution in [0.15, 0.2) is 83.3 Å². The third kappa shape index (κ3) is 6.39. The molecule has 0 spiro atoms. The number of aromatic nitrogens is 1. The molecule has 0 aliphatic rings. The average Bonchev–Trinajstić information content (AvgIpc) is 3.30. The van der Waals surface area contributed by atoms with Crippen LogP contribution in [0.5, 0.6) is 5.75 Å². The first-order valence-electron chi connectivity index (χ1n) is 11.6. The Kier molecular flexibility index (Phi) is 7.67. The van der Waals surface area contributed by atoms with Gasteiger partial charge in [-0.3, -0.25) is 0 Å². The fraction of sp³-hybridized carbons (Fsp3) is 0.286. The van der Waals surface area contributed by atoms with E-state index in [1.54, 1.807) is 6.92 Å². The summed E-state index contributed by atoms with van der Waals surface area (Å²) in [6.07, 6.45) is 0.923. The summed E-state index contributed by atoms with van der Waals surface area (Å²) in [6.45, 7) is 3.00. The molecule has 0 radical (unpaired) electrons. The van der Waals surface area contributed by atoms with Crippen LogP contribution in [0.1, 0.15) is 18.1 Å². The number of carbonyl (C=O) groups is 1. The largest absolute Gasteiger partial charge is 0.492 e. The maximum atomic E-state index is 11.9. The fourth-order valence-corrected chi connectivity index (χ4v) is 3.74. The molecular weight excluding hydrogens is 444 g/mol. The van der Waals surface area contributed by atoms with Crippen molar-refractivity contribution in [2.24, 2.45) is 0 Å². The summed E-state index contributed by atoms with van der Waals surface area (Å²) in [7, 11) is 1.90. The Labute approximate surface area is 204 Å². The highest BCUT2D eigenvalue weighted by atomic mass is 16.5. The van der Waals surface area contributed by atoms with E-state index < -0.39 is 11.6 Å². The number of carboxylic acid groups (broad SMARTS) is 1. The monoisotopic (exact) mass is 474 g/mol. The summed E-state index contributed by atoms with van der Waals surface area (Å²) in [5, 5.41) is 9.79. The quantitative estimate of drug-likeness (QED) is 0.310. The molecular formula is C28H30N2O5. The van der Waals surface area contributed by atoms with Crippen molar-refractivity contribution in [3.63, 3.8) is 0 Å². The molecule has 1 aromatic heterocycles. The lowest BCUT2D eigenvalue weighted by Gasteiger charge is -2.25. The minimum atomic E-state index is -1.31. The van der Waals surface area contributed by atoms with Gasteiger partial charge < -0.3 is 23.9 Å². The van der Waals surface area contributed by atoms with E-state index >= 15 is 0 Å². The number of fused-ring (bicyclic) bond motifs is 1. The van der Waals surface area contributed by atoms with Gasteiger partial charge in [0.05, 0.1) is 13.2 Å². The lowest BCUT2D eigenvalue weighted by Crippen LogP contribution is -2.41. The summed E-state index contributed by atoms with van der Waals surface area (Å²) in [5.41, 5.74) is 2.25. The summed E-state index contributed by atoms with van der Waals surface area (Å²) in [5.74, 6) is -0.269. The van der Waals surface area contributed by atoms with Gasteiger partial charge in [0, 0.05) is 13.5 Å². The van der Waals surface area contributed by atoms with Crippen molar-refractivity contribution >= 4 is 23.1 Å². The third-order valence-corrected chi connectivity index (χ3v) is 5.88. The van der Waals surface area contributed by atoms with Crippen LogP contribution in [0, 0.1) is 0 Å². The van der Waals surface area contributed by atoms with Gasteiger partial charge in [-0.05, 0) is 48.7 Å². The summed E-state index contributed by atoms with van der Waals surface area (Å²) in [6, 6.07) is 25.5. The second-order valence-corrected chi connectivity index (χ2v) is 8.67. The molecule has 0 saturated carbocycles. The van der Waals surface area contributed by atoms with Crippen molar-refractivity contribution < 1.29 is 23.8 Å². The topological polar surface area (TPSA) is 85.0 Å². The standard InChI is InChI=1S/C28H30N2O5/c1-28(26(31)32,34-18-16-21-8-4-3-5-9-21)20-22-12-14-23(15-13-22)33-19-17-30(2)27-29-24-10-6-7-11-25(24)35-27/h3-15H,16-20H2,1-2H3,(H,31,32). The van der Waals surface area contributed by atoms with Crippen LogP contribution in [0.4, 0.5) is 6.01 Å². The zero-order chi connectivity index (χ0) is 24.7. The van der Waals surface area contributed by atoms with Crippen molar-refractivity contribution in [1.29, 1.82) is 0 Å². The van der Waals surface area contributed by atoms with Crippen molar-refractivity contribution in [3.05, 3.63) is 90.0 Å². The molecule has 0 amide bonds. The van der Waals surface area contributed by atoms with Gasteiger partial charge in [-0.1, -0.05) is 54.6 Å². The Morgan fingerprint density at radius 2 is 1.69 bits per heavy atom. The van der Waals surface area contributed by atoms with Gasteiger partial charge in [0.1, 0.15) is 17.9 Å². The molecule has 35 heavy (non-hydrogen) atoms. The van der Waals surface area contributed by atoms with Crippen molar-refractivity contribution in [1.82, 2.24) is 4.98 Å². The van der Waals surface area contributed by atoms with Crippen LogP contribution < -0.4 is 9.64 Å². The molecule has 0 aliphatic carbocycles. The number of aliphatic carboxylic acids is 1.